The van der Waals surface area contributed by atoms with E-state index in [-0.39, 0.29) is 0 Å². The fraction of sp³-hybridized carbons (Fsp3) is 0.818. The molecule has 72 valence electrons. The Bertz CT molecular complexity index is 108. The highest BCUT2D eigenvalue weighted by Gasteiger charge is 1.95. The average molecular weight is 170 g/mol. The third-order valence-corrected chi connectivity index (χ3v) is 2.03. The first kappa shape index (κ1) is 11.7. The topological polar surface area (TPSA) is 20.2 Å². The quantitative estimate of drug-likeness (QED) is 0.459. The molecule has 0 saturated carbocycles. The summed E-state index contributed by atoms with van der Waals surface area (Å²) >= 11 is 0. The van der Waals surface area contributed by atoms with Crippen molar-refractivity contribution in [1.82, 2.24) is 0 Å². The summed E-state index contributed by atoms with van der Waals surface area (Å²) in [5.41, 5.74) is 0. The van der Waals surface area contributed by atoms with Gasteiger partial charge >= 0.3 is 0 Å². The van der Waals surface area contributed by atoms with Crippen molar-refractivity contribution in [3.8, 4) is 0 Å². The molecule has 0 spiro atoms. The molecule has 0 fully saturated rings. The summed E-state index contributed by atoms with van der Waals surface area (Å²) in [6.45, 7) is 4.62. The predicted molar refractivity (Wildman–Crippen MR) is 54.1 cm³/mol. The number of unbranched alkanes of at least 4 members (excludes halogenated alkanes) is 2. The molecular weight excluding hydrogens is 148 g/mol. The highest BCUT2D eigenvalue weighted by Crippen LogP contribution is 2.05. The highest BCUT2D eigenvalue weighted by atomic mass is 16.3. The van der Waals surface area contributed by atoms with E-state index in [2.05, 4.69) is 26.0 Å². The number of allylic oxidation sites excluding steroid dienone is 2. The minimum atomic E-state index is 0.322. The third kappa shape index (κ3) is 7.80. The van der Waals surface area contributed by atoms with E-state index in [1.807, 2.05) is 0 Å². The summed E-state index contributed by atoms with van der Waals surface area (Å²) in [6.07, 6.45) is 10.5. The molecule has 0 rings (SSSR count). The minimum absolute atomic E-state index is 0.322. The molecule has 0 heterocycles. The first-order valence-electron chi connectivity index (χ1n) is 5.07. The number of aliphatic hydroxyl groups is 1. The van der Waals surface area contributed by atoms with Gasteiger partial charge in [0.05, 0.1) is 0 Å². The van der Waals surface area contributed by atoms with Gasteiger partial charge in [-0.25, -0.2) is 0 Å². The van der Waals surface area contributed by atoms with Crippen LogP contribution in [0.3, 0.4) is 0 Å². The van der Waals surface area contributed by atoms with Crippen LogP contribution in [0.4, 0.5) is 0 Å². The lowest BCUT2D eigenvalue weighted by atomic mass is 10.1. The van der Waals surface area contributed by atoms with E-state index in [0.29, 0.717) is 12.5 Å². The fourth-order valence-electron chi connectivity index (χ4n) is 1.03. The Morgan fingerprint density at radius 2 is 1.92 bits per heavy atom. The van der Waals surface area contributed by atoms with E-state index in [0.717, 1.165) is 12.8 Å². The van der Waals surface area contributed by atoms with Crippen molar-refractivity contribution in [2.45, 2.75) is 46.0 Å². The Morgan fingerprint density at radius 3 is 2.50 bits per heavy atom. The second-order valence-electron chi connectivity index (χ2n) is 3.48. The van der Waals surface area contributed by atoms with Crippen molar-refractivity contribution < 1.29 is 5.11 Å². The van der Waals surface area contributed by atoms with Gasteiger partial charge in [-0.1, -0.05) is 38.8 Å². The summed E-state index contributed by atoms with van der Waals surface area (Å²) in [6, 6.07) is 0. The second kappa shape index (κ2) is 8.79. The van der Waals surface area contributed by atoms with Gasteiger partial charge < -0.3 is 5.11 Å². The van der Waals surface area contributed by atoms with E-state index in [1.54, 1.807) is 0 Å². The summed E-state index contributed by atoms with van der Waals surface area (Å²) in [4.78, 5) is 0. The highest BCUT2D eigenvalue weighted by molar-refractivity contribution is 4.81. The lowest BCUT2D eigenvalue weighted by Gasteiger charge is -2.03. The predicted octanol–water partition coefficient (Wildman–Crippen LogP) is 3.14. The Labute approximate surface area is 76.5 Å². The normalized spacial score (nSPS) is 13.9. The summed E-state index contributed by atoms with van der Waals surface area (Å²) in [5.74, 6) is 0.459. The molecule has 0 aliphatic carbocycles. The molecule has 0 aromatic carbocycles. The Kier molecular flexibility index (Phi) is 8.57. The molecule has 0 aliphatic rings. The molecule has 1 atom stereocenters. The van der Waals surface area contributed by atoms with Crippen LogP contribution in [0.15, 0.2) is 12.2 Å². The zero-order chi connectivity index (χ0) is 9.23. The van der Waals surface area contributed by atoms with Crippen LogP contribution in [0.1, 0.15) is 46.0 Å². The maximum atomic E-state index is 8.75. The average Bonchev–Trinajstić information content (AvgIpc) is 2.10. The zero-order valence-electron chi connectivity index (χ0n) is 8.42. The van der Waals surface area contributed by atoms with Gasteiger partial charge in [-0.2, -0.15) is 0 Å². The van der Waals surface area contributed by atoms with Crippen LogP contribution in [-0.4, -0.2) is 11.7 Å². The van der Waals surface area contributed by atoms with Crippen molar-refractivity contribution >= 4 is 0 Å². The molecule has 0 radical (unpaired) electrons. The maximum Gasteiger partial charge on any atom is 0.0456 e. The van der Waals surface area contributed by atoms with Crippen molar-refractivity contribution in [3.05, 3.63) is 12.2 Å². The smallest absolute Gasteiger partial charge is 0.0456 e. The number of aliphatic hydroxyl groups excluding tert-OH is 1. The van der Waals surface area contributed by atoms with Gasteiger partial charge in [0.25, 0.3) is 0 Å². The standard InChI is InChI=1S/C11H22O/c1-3-4-5-6-7-8-9-11(2)10-12/h6-7,11-12H,3-5,8-10H2,1-2H3/b7-6-/t11-/m0/s1. The first-order chi connectivity index (χ1) is 5.81. The van der Waals surface area contributed by atoms with Crippen molar-refractivity contribution in [1.29, 1.82) is 0 Å². The lowest BCUT2D eigenvalue weighted by Crippen LogP contribution is -1.98. The van der Waals surface area contributed by atoms with Crippen LogP contribution >= 0.6 is 0 Å². The van der Waals surface area contributed by atoms with Crippen LogP contribution < -0.4 is 0 Å². The second-order valence-corrected chi connectivity index (χ2v) is 3.48. The summed E-state index contributed by atoms with van der Waals surface area (Å²) < 4.78 is 0. The monoisotopic (exact) mass is 170 g/mol. The molecule has 0 saturated heterocycles. The van der Waals surface area contributed by atoms with Crippen LogP contribution in [0.2, 0.25) is 0 Å². The van der Waals surface area contributed by atoms with Gasteiger partial charge in [-0.3, -0.25) is 0 Å². The van der Waals surface area contributed by atoms with Gasteiger partial charge in [0.2, 0.25) is 0 Å². The lowest BCUT2D eigenvalue weighted by molar-refractivity contribution is 0.231. The molecule has 0 amide bonds. The van der Waals surface area contributed by atoms with Crippen LogP contribution in [0.25, 0.3) is 0 Å². The molecular formula is C11H22O. The van der Waals surface area contributed by atoms with Crippen LogP contribution in [-0.2, 0) is 0 Å². The molecule has 1 heteroatoms. The van der Waals surface area contributed by atoms with E-state index in [9.17, 15) is 0 Å². The Balaban J connectivity index is 3.12. The van der Waals surface area contributed by atoms with Crippen molar-refractivity contribution in [2.24, 2.45) is 5.92 Å². The molecule has 0 bridgehead atoms. The maximum absolute atomic E-state index is 8.75. The van der Waals surface area contributed by atoms with Crippen molar-refractivity contribution in [2.75, 3.05) is 6.61 Å². The molecule has 1 N–H and O–H groups in total. The van der Waals surface area contributed by atoms with Gasteiger partial charge in [0.1, 0.15) is 0 Å². The molecule has 12 heavy (non-hydrogen) atoms. The van der Waals surface area contributed by atoms with Crippen molar-refractivity contribution in [3.63, 3.8) is 0 Å². The molecule has 0 aliphatic heterocycles. The van der Waals surface area contributed by atoms with E-state index < -0.39 is 0 Å². The molecule has 1 nitrogen and oxygen atoms in total. The van der Waals surface area contributed by atoms with Gasteiger partial charge in [0.15, 0.2) is 0 Å². The van der Waals surface area contributed by atoms with Crippen LogP contribution in [0, 0.1) is 5.92 Å². The van der Waals surface area contributed by atoms with E-state index in [4.69, 9.17) is 5.11 Å². The number of hydrogen-bond acceptors (Lipinski definition) is 1. The third-order valence-electron chi connectivity index (χ3n) is 2.03. The van der Waals surface area contributed by atoms with Gasteiger partial charge in [0, 0.05) is 6.61 Å². The number of hydrogen-bond donors (Lipinski definition) is 1. The zero-order valence-corrected chi connectivity index (χ0v) is 8.42. The minimum Gasteiger partial charge on any atom is -0.396 e. The SMILES string of the molecule is CCCC/C=C\CC[C@H](C)CO. The van der Waals surface area contributed by atoms with E-state index in [1.165, 1.54) is 19.3 Å². The van der Waals surface area contributed by atoms with E-state index >= 15 is 0 Å². The fourth-order valence-corrected chi connectivity index (χ4v) is 1.03. The van der Waals surface area contributed by atoms with Crippen LogP contribution in [0.5, 0.6) is 0 Å². The Morgan fingerprint density at radius 1 is 1.25 bits per heavy atom. The largest absolute Gasteiger partial charge is 0.396 e. The first-order valence-corrected chi connectivity index (χ1v) is 5.07. The molecule has 0 aromatic heterocycles. The molecule has 0 aromatic rings. The van der Waals surface area contributed by atoms with Gasteiger partial charge in [-0.15, -0.1) is 0 Å². The summed E-state index contributed by atoms with van der Waals surface area (Å²) in [7, 11) is 0. The van der Waals surface area contributed by atoms with Gasteiger partial charge in [-0.05, 0) is 25.2 Å². The Hall–Kier alpha value is -0.300. The molecule has 0 unspecified atom stereocenters. The summed E-state index contributed by atoms with van der Waals surface area (Å²) in [5, 5.41) is 8.75. The number of rotatable bonds is 7.